The molecular weight excluding hydrogens is 491 g/mol. The fraction of sp³-hybridized carbons (Fsp3) is 0.677. The molecule has 0 amide bonds. The van der Waals surface area contributed by atoms with E-state index in [9.17, 15) is 4.39 Å². The molecule has 2 aromatic rings. The van der Waals surface area contributed by atoms with Gasteiger partial charge in [-0.15, -0.1) is 0 Å². The van der Waals surface area contributed by atoms with Gasteiger partial charge in [-0.05, 0) is 62.7 Å². The molecule has 3 fully saturated rings. The van der Waals surface area contributed by atoms with Gasteiger partial charge in [0, 0.05) is 50.6 Å². The maximum Gasteiger partial charge on any atom is 0.227 e. The van der Waals surface area contributed by atoms with E-state index in [0.29, 0.717) is 36.9 Å². The predicted molar refractivity (Wildman–Crippen MR) is 158 cm³/mol. The van der Waals surface area contributed by atoms with E-state index in [1.54, 1.807) is 7.11 Å². The van der Waals surface area contributed by atoms with Crippen LogP contribution in [0, 0.1) is 17.3 Å². The quantitative estimate of drug-likeness (QED) is 0.480. The summed E-state index contributed by atoms with van der Waals surface area (Å²) in [5, 5.41) is 4.65. The van der Waals surface area contributed by atoms with Gasteiger partial charge in [0.1, 0.15) is 17.7 Å². The summed E-state index contributed by atoms with van der Waals surface area (Å²) in [5.74, 6) is 8.86. The molecule has 0 unspecified atom stereocenters. The van der Waals surface area contributed by atoms with E-state index in [2.05, 4.69) is 47.7 Å². The molecular formula is C31H45FN6O. The van der Waals surface area contributed by atoms with Crippen molar-refractivity contribution in [2.75, 3.05) is 69.7 Å². The molecule has 3 saturated heterocycles. The van der Waals surface area contributed by atoms with Crippen LogP contribution in [0.1, 0.15) is 64.9 Å². The second-order valence-electron chi connectivity index (χ2n) is 12.3. The van der Waals surface area contributed by atoms with E-state index in [0.717, 1.165) is 86.6 Å². The van der Waals surface area contributed by atoms with Crippen molar-refractivity contribution in [3.05, 3.63) is 17.7 Å². The number of anilines is 2. The van der Waals surface area contributed by atoms with E-state index in [-0.39, 0.29) is 0 Å². The Morgan fingerprint density at radius 1 is 1.08 bits per heavy atom. The summed E-state index contributed by atoms with van der Waals surface area (Å²) in [7, 11) is 1.69. The molecule has 0 bridgehead atoms. The molecule has 1 N–H and O–H groups in total. The average Bonchev–Trinajstić information content (AvgIpc) is 3.51. The third-order valence-electron chi connectivity index (χ3n) is 8.42. The van der Waals surface area contributed by atoms with Gasteiger partial charge in [-0.25, -0.2) is 9.37 Å². The van der Waals surface area contributed by atoms with Gasteiger partial charge < -0.3 is 24.8 Å². The van der Waals surface area contributed by atoms with E-state index in [1.165, 1.54) is 12.8 Å². The molecule has 212 valence electrons. The van der Waals surface area contributed by atoms with Crippen molar-refractivity contribution >= 4 is 22.7 Å². The topological polar surface area (TPSA) is 56.8 Å². The Hall–Kier alpha value is -2.63. The van der Waals surface area contributed by atoms with Crippen molar-refractivity contribution in [3.8, 4) is 17.6 Å². The fourth-order valence-corrected chi connectivity index (χ4v) is 6.16. The van der Waals surface area contributed by atoms with Crippen LogP contribution in [0.4, 0.5) is 16.2 Å². The standard InChI is InChI=1S/C31H45FN6O/c1-5-13-36-15-10-25(11-16-36)33-29-26-20-28(39-4)23(8-6-7-14-37-18-12-31(2,3)22-37)19-27(26)34-30(35-29)38-17-9-24(32)21-38/h19-20,24-25H,5,7,9-18,21-22H2,1-4H3,(H,33,34,35)/t24-/m1/s1. The summed E-state index contributed by atoms with van der Waals surface area (Å²) in [6.07, 6.45) is 5.09. The lowest BCUT2D eigenvalue weighted by Crippen LogP contribution is -2.39. The first-order valence-corrected chi connectivity index (χ1v) is 14.8. The van der Waals surface area contributed by atoms with Gasteiger partial charge in [0.05, 0.1) is 24.7 Å². The summed E-state index contributed by atoms with van der Waals surface area (Å²) < 4.78 is 19.9. The second kappa shape index (κ2) is 12.3. The third-order valence-corrected chi connectivity index (χ3v) is 8.42. The number of piperidine rings is 1. The smallest absolute Gasteiger partial charge is 0.227 e. The van der Waals surface area contributed by atoms with E-state index < -0.39 is 6.17 Å². The van der Waals surface area contributed by atoms with Crippen LogP contribution < -0.4 is 15.0 Å². The predicted octanol–water partition coefficient (Wildman–Crippen LogP) is 4.95. The number of likely N-dealkylation sites (tertiary alicyclic amines) is 2. The number of rotatable bonds is 8. The second-order valence-corrected chi connectivity index (χ2v) is 12.3. The van der Waals surface area contributed by atoms with Crippen molar-refractivity contribution in [2.24, 2.45) is 5.41 Å². The minimum atomic E-state index is -0.831. The van der Waals surface area contributed by atoms with Gasteiger partial charge in [-0.3, -0.25) is 0 Å². The number of ether oxygens (including phenoxy) is 1. The summed E-state index contributed by atoms with van der Waals surface area (Å²) in [4.78, 5) is 16.8. The monoisotopic (exact) mass is 536 g/mol. The summed E-state index contributed by atoms with van der Waals surface area (Å²) in [6.45, 7) is 14.5. The zero-order chi connectivity index (χ0) is 27.4. The lowest BCUT2D eigenvalue weighted by Gasteiger charge is -2.32. The van der Waals surface area contributed by atoms with Gasteiger partial charge in [0.15, 0.2) is 0 Å². The van der Waals surface area contributed by atoms with Gasteiger partial charge >= 0.3 is 0 Å². The minimum absolute atomic E-state index is 0.344. The molecule has 1 aromatic heterocycles. The maximum absolute atomic E-state index is 14.1. The number of benzene rings is 1. The molecule has 0 radical (unpaired) electrons. The highest BCUT2D eigenvalue weighted by molar-refractivity contribution is 5.93. The van der Waals surface area contributed by atoms with Crippen LogP contribution in [0.5, 0.6) is 5.75 Å². The normalized spacial score (nSPS) is 22.3. The molecule has 1 aromatic carbocycles. The Labute approximate surface area is 233 Å². The molecule has 0 aliphatic carbocycles. The Balaban J connectivity index is 1.39. The van der Waals surface area contributed by atoms with Gasteiger partial charge in [-0.2, -0.15) is 4.98 Å². The fourth-order valence-electron chi connectivity index (χ4n) is 6.16. The van der Waals surface area contributed by atoms with E-state index in [4.69, 9.17) is 14.7 Å². The zero-order valence-electron chi connectivity index (χ0n) is 24.2. The molecule has 0 saturated carbocycles. The molecule has 3 aliphatic heterocycles. The Morgan fingerprint density at radius 3 is 2.56 bits per heavy atom. The molecule has 3 aliphatic rings. The molecule has 0 spiro atoms. The van der Waals surface area contributed by atoms with Crippen LogP contribution in [0.3, 0.4) is 0 Å². The molecule has 5 rings (SSSR count). The number of aromatic nitrogens is 2. The van der Waals surface area contributed by atoms with Crippen LogP contribution in [-0.4, -0.2) is 91.4 Å². The molecule has 1 atom stereocenters. The Morgan fingerprint density at radius 2 is 1.90 bits per heavy atom. The largest absolute Gasteiger partial charge is 0.495 e. The van der Waals surface area contributed by atoms with Crippen LogP contribution >= 0.6 is 0 Å². The number of nitrogens with one attached hydrogen (secondary N) is 1. The van der Waals surface area contributed by atoms with Crippen molar-refractivity contribution in [1.29, 1.82) is 0 Å². The first-order valence-electron chi connectivity index (χ1n) is 14.8. The highest BCUT2D eigenvalue weighted by Crippen LogP contribution is 2.33. The maximum atomic E-state index is 14.1. The van der Waals surface area contributed by atoms with Gasteiger partial charge in [-0.1, -0.05) is 32.6 Å². The van der Waals surface area contributed by atoms with Crippen LogP contribution in [0.25, 0.3) is 10.9 Å². The Bertz CT molecular complexity index is 1200. The van der Waals surface area contributed by atoms with Crippen molar-refractivity contribution in [3.63, 3.8) is 0 Å². The molecule has 4 heterocycles. The van der Waals surface area contributed by atoms with E-state index >= 15 is 0 Å². The number of methoxy groups -OCH3 is 1. The molecule has 39 heavy (non-hydrogen) atoms. The van der Waals surface area contributed by atoms with E-state index in [1.807, 2.05) is 17.0 Å². The molecule has 8 heteroatoms. The number of nitrogens with zero attached hydrogens (tertiary/aromatic N) is 5. The van der Waals surface area contributed by atoms with Gasteiger partial charge in [0.2, 0.25) is 5.95 Å². The van der Waals surface area contributed by atoms with Gasteiger partial charge in [0.25, 0.3) is 0 Å². The van der Waals surface area contributed by atoms with Crippen LogP contribution in [0.2, 0.25) is 0 Å². The zero-order valence-corrected chi connectivity index (χ0v) is 24.2. The molecule has 7 nitrogen and oxygen atoms in total. The highest BCUT2D eigenvalue weighted by Gasteiger charge is 2.29. The number of halogens is 1. The van der Waals surface area contributed by atoms with Crippen molar-refractivity contribution in [2.45, 2.75) is 71.5 Å². The number of hydrogen-bond acceptors (Lipinski definition) is 7. The first-order chi connectivity index (χ1) is 18.8. The Kier molecular flexibility index (Phi) is 8.78. The van der Waals surface area contributed by atoms with Crippen molar-refractivity contribution in [1.82, 2.24) is 19.8 Å². The third kappa shape index (κ3) is 6.93. The minimum Gasteiger partial charge on any atom is -0.495 e. The van der Waals surface area contributed by atoms with Crippen LogP contribution in [-0.2, 0) is 0 Å². The van der Waals surface area contributed by atoms with Crippen LogP contribution in [0.15, 0.2) is 12.1 Å². The van der Waals surface area contributed by atoms with Crippen molar-refractivity contribution < 1.29 is 9.13 Å². The summed E-state index contributed by atoms with van der Waals surface area (Å²) in [6, 6.07) is 4.38. The lowest BCUT2D eigenvalue weighted by atomic mass is 9.93. The lowest BCUT2D eigenvalue weighted by molar-refractivity contribution is 0.219. The highest BCUT2D eigenvalue weighted by atomic mass is 19.1. The number of alkyl halides is 1. The first kappa shape index (κ1) is 27.9. The number of fused-ring (bicyclic) bond motifs is 1. The average molecular weight is 537 g/mol. The summed E-state index contributed by atoms with van der Waals surface area (Å²) >= 11 is 0. The summed E-state index contributed by atoms with van der Waals surface area (Å²) in [5.41, 5.74) is 2.06. The number of hydrogen-bond donors (Lipinski definition) is 1. The SMILES string of the molecule is CCCN1CCC(Nc2nc(N3CC[C@@H](F)C3)nc3cc(C#CCCN4CCC(C)(C)C4)c(OC)cc23)CC1.